The van der Waals surface area contributed by atoms with Gasteiger partial charge in [0.25, 0.3) is 5.91 Å². The SMILES string of the molecule is O=C(c1cc2cc(F)ccc2[nH]1)N(CC1CCOC1)C1CC1. The van der Waals surface area contributed by atoms with Crippen LogP contribution in [0.5, 0.6) is 0 Å². The lowest BCUT2D eigenvalue weighted by atomic mass is 10.1. The quantitative estimate of drug-likeness (QED) is 0.944. The van der Waals surface area contributed by atoms with Gasteiger partial charge in [-0.25, -0.2) is 4.39 Å². The summed E-state index contributed by atoms with van der Waals surface area (Å²) in [6, 6.07) is 6.64. The monoisotopic (exact) mass is 302 g/mol. The zero-order valence-corrected chi connectivity index (χ0v) is 12.3. The lowest BCUT2D eigenvalue weighted by Crippen LogP contribution is -2.37. The molecule has 1 aliphatic carbocycles. The number of ether oxygens (including phenoxy) is 1. The number of nitrogens with zero attached hydrogens (tertiary/aromatic N) is 1. The molecule has 1 saturated carbocycles. The molecule has 4 nitrogen and oxygen atoms in total. The maximum Gasteiger partial charge on any atom is 0.270 e. The van der Waals surface area contributed by atoms with E-state index in [1.54, 1.807) is 12.1 Å². The van der Waals surface area contributed by atoms with E-state index in [0.717, 1.165) is 49.9 Å². The molecular formula is C17H19FN2O2. The van der Waals surface area contributed by atoms with Crippen LogP contribution in [0.1, 0.15) is 29.8 Å². The highest BCUT2D eigenvalue weighted by Crippen LogP contribution is 2.30. The van der Waals surface area contributed by atoms with Crippen molar-refractivity contribution in [2.24, 2.45) is 5.92 Å². The zero-order chi connectivity index (χ0) is 15.1. The van der Waals surface area contributed by atoms with E-state index in [9.17, 15) is 9.18 Å². The van der Waals surface area contributed by atoms with Crippen molar-refractivity contribution in [2.45, 2.75) is 25.3 Å². The van der Waals surface area contributed by atoms with Crippen molar-refractivity contribution in [3.63, 3.8) is 0 Å². The molecule has 22 heavy (non-hydrogen) atoms. The van der Waals surface area contributed by atoms with E-state index >= 15 is 0 Å². The first kappa shape index (κ1) is 13.8. The van der Waals surface area contributed by atoms with Gasteiger partial charge in [0.15, 0.2) is 0 Å². The minimum atomic E-state index is -0.285. The number of rotatable bonds is 4. The number of carbonyl (C=O) groups is 1. The molecule has 0 radical (unpaired) electrons. The van der Waals surface area contributed by atoms with Crippen molar-refractivity contribution in [1.29, 1.82) is 0 Å². The largest absolute Gasteiger partial charge is 0.381 e. The predicted octanol–water partition coefficient (Wildman–Crippen LogP) is 2.95. The molecule has 1 aromatic carbocycles. The molecule has 1 N–H and O–H groups in total. The third-order valence-electron chi connectivity index (χ3n) is 4.54. The molecule has 1 aliphatic heterocycles. The Morgan fingerprint density at radius 3 is 2.91 bits per heavy atom. The van der Waals surface area contributed by atoms with E-state index in [4.69, 9.17) is 4.74 Å². The summed E-state index contributed by atoms with van der Waals surface area (Å²) in [5, 5.41) is 0.739. The van der Waals surface area contributed by atoms with Crippen LogP contribution in [0.3, 0.4) is 0 Å². The van der Waals surface area contributed by atoms with E-state index in [1.165, 1.54) is 12.1 Å². The van der Waals surface area contributed by atoms with Crippen molar-refractivity contribution >= 4 is 16.8 Å². The second kappa shape index (κ2) is 5.39. The average molecular weight is 302 g/mol. The molecule has 5 heteroatoms. The highest BCUT2D eigenvalue weighted by atomic mass is 19.1. The summed E-state index contributed by atoms with van der Waals surface area (Å²) in [5.74, 6) is 0.171. The number of fused-ring (bicyclic) bond motifs is 1. The number of halogens is 1. The first-order chi connectivity index (χ1) is 10.7. The van der Waals surface area contributed by atoms with Gasteiger partial charge < -0.3 is 14.6 Å². The van der Waals surface area contributed by atoms with Crippen LogP contribution in [-0.4, -0.2) is 41.6 Å². The van der Waals surface area contributed by atoms with Crippen LogP contribution in [-0.2, 0) is 4.74 Å². The van der Waals surface area contributed by atoms with Gasteiger partial charge in [0.05, 0.1) is 6.61 Å². The molecule has 2 aliphatic rings. The van der Waals surface area contributed by atoms with Crippen molar-refractivity contribution in [2.75, 3.05) is 19.8 Å². The van der Waals surface area contributed by atoms with Gasteiger partial charge in [0.1, 0.15) is 11.5 Å². The number of benzene rings is 1. The summed E-state index contributed by atoms with van der Waals surface area (Å²) in [4.78, 5) is 17.9. The Morgan fingerprint density at radius 1 is 1.32 bits per heavy atom. The van der Waals surface area contributed by atoms with Crippen molar-refractivity contribution in [3.05, 3.63) is 35.8 Å². The van der Waals surface area contributed by atoms with Crippen LogP contribution in [0.4, 0.5) is 4.39 Å². The van der Waals surface area contributed by atoms with Crippen LogP contribution in [0, 0.1) is 11.7 Å². The summed E-state index contributed by atoms with van der Waals surface area (Å²) in [7, 11) is 0. The molecule has 1 atom stereocenters. The average Bonchev–Trinajstić information content (AvgIpc) is 3.06. The number of amides is 1. The number of hydrogen-bond donors (Lipinski definition) is 1. The Morgan fingerprint density at radius 2 is 2.18 bits per heavy atom. The summed E-state index contributed by atoms with van der Waals surface area (Å²) in [6.45, 7) is 2.30. The standard InChI is InChI=1S/C17H19FN2O2/c18-13-1-4-15-12(7-13)8-16(19-15)17(21)20(14-2-3-14)9-11-5-6-22-10-11/h1,4,7-8,11,14,19H,2-3,5-6,9-10H2. The Hall–Kier alpha value is -1.88. The van der Waals surface area contributed by atoms with E-state index in [0.29, 0.717) is 17.7 Å². The molecule has 2 heterocycles. The Labute approximate surface area is 128 Å². The number of nitrogens with one attached hydrogen (secondary N) is 1. The molecule has 1 unspecified atom stereocenters. The normalized spacial score (nSPS) is 21.4. The lowest BCUT2D eigenvalue weighted by molar-refractivity contribution is 0.0701. The second-order valence-corrected chi connectivity index (χ2v) is 6.33. The summed E-state index contributed by atoms with van der Waals surface area (Å²) < 4.78 is 18.7. The van der Waals surface area contributed by atoms with Crippen LogP contribution in [0.15, 0.2) is 24.3 Å². The van der Waals surface area contributed by atoms with E-state index < -0.39 is 0 Å². The van der Waals surface area contributed by atoms with Crippen molar-refractivity contribution < 1.29 is 13.9 Å². The first-order valence-corrected chi connectivity index (χ1v) is 7.88. The van der Waals surface area contributed by atoms with Gasteiger partial charge in [-0.15, -0.1) is 0 Å². The second-order valence-electron chi connectivity index (χ2n) is 6.33. The van der Waals surface area contributed by atoms with Gasteiger partial charge in [-0.2, -0.15) is 0 Å². The molecule has 0 bridgehead atoms. The highest BCUT2D eigenvalue weighted by molar-refractivity contribution is 5.98. The fourth-order valence-electron chi connectivity index (χ4n) is 3.16. The van der Waals surface area contributed by atoms with Gasteiger partial charge in [0, 0.05) is 36.0 Å². The third kappa shape index (κ3) is 2.61. The molecule has 1 amide bonds. The molecule has 2 fully saturated rings. The molecular weight excluding hydrogens is 283 g/mol. The van der Waals surface area contributed by atoms with Crippen molar-refractivity contribution in [1.82, 2.24) is 9.88 Å². The number of hydrogen-bond acceptors (Lipinski definition) is 2. The summed E-state index contributed by atoms with van der Waals surface area (Å²) in [6.07, 6.45) is 3.18. The first-order valence-electron chi connectivity index (χ1n) is 7.88. The molecule has 1 aromatic heterocycles. The van der Waals surface area contributed by atoms with Gasteiger partial charge in [-0.3, -0.25) is 4.79 Å². The Kier molecular flexibility index (Phi) is 3.37. The third-order valence-corrected chi connectivity index (χ3v) is 4.54. The van der Waals surface area contributed by atoms with Crippen LogP contribution >= 0.6 is 0 Å². The molecule has 4 rings (SSSR count). The summed E-state index contributed by atoms with van der Waals surface area (Å²) >= 11 is 0. The minimum absolute atomic E-state index is 0.0195. The van der Waals surface area contributed by atoms with Crippen LogP contribution in [0.2, 0.25) is 0 Å². The fraction of sp³-hybridized carbons (Fsp3) is 0.471. The Bertz CT molecular complexity index is 702. The molecule has 2 aromatic rings. The van der Waals surface area contributed by atoms with Crippen LogP contribution < -0.4 is 0 Å². The minimum Gasteiger partial charge on any atom is -0.381 e. The number of H-pyrrole nitrogens is 1. The Balaban J connectivity index is 1.58. The van der Waals surface area contributed by atoms with Gasteiger partial charge >= 0.3 is 0 Å². The maximum absolute atomic E-state index is 13.3. The number of aromatic nitrogens is 1. The van der Waals surface area contributed by atoms with E-state index in [2.05, 4.69) is 4.98 Å². The molecule has 1 saturated heterocycles. The fourth-order valence-corrected chi connectivity index (χ4v) is 3.16. The maximum atomic E-state index is 13.3. The smallest absolute Gasteiger partial charge is 0.270 e. The van der Waals surface area contributed by atoms with Gasteiger partial charge in [0.2, 0.25) is 0 Å². The zero-order valence-electron chi connectivity index (χ0n) is 12.3. The predicted molar refractivity (Wildman–Crippen MR) is 81.2 cm³/mol. The lowest BCUT2D eigenvalue weighted by Gasteiger charge is -2.24. The molecule has 116 valence electrons. The topological polar surface area (TPSA) is 45.3 Å². The number of aromatic amines is 1. The highest BCUT2D eigenvalue weighted by Gasteiger charge is 2.35. The summed E-state index contributed by atoms with van der Waals surface area (Å²) in [5.41, 5.74) is 1.34. The number of carbonyl (C=O) groups excluding carboxylic acids is 1. The van der Waals surface area contributed by atoms with Gasteiger partial charge in [-0.1, -0.05) is 0 Å². The van der Waals surface area contributed by atoms with Crippen LogP contribution in [0.25, 0.3) is 10.9 Å². The van der Waals surface area contributed by atoms with Gasteiger partial charge in [-0.05, 0) is 43.5 Å². The molecule has 0 spiro atoms. The van der Waals surface area contributed by atoms with E-state index in [1.807, 2.05) is 4.90 Å². The van der Waals surface area contributed by atoms with Crippen molar-refractivity contribution in [3.8, 4) is 0 Å². The van der Waals surface area contributed by atoms with E-state index in [-0.39, 0.29) is 11.7 Å².